The fourth-order valence-corrected chi connectivity index (χ4v) is 3.09. The summed E-state index contributed by atoms with van der Waals surface area (Å²) in [5.74, 6) is -1.17. The summed E-state index contributed by atoms with van der Waals surface area (Å²) in [5.41, 5.74) is 0.508. The quantitative estimate of drug-likeness (QED) is 0.912. The maximum Gasteiger partial charge on any atom is 0.256 e. The van der Waals surface area contributed by atoms with Crippen molar-refractivity contribution in [1.82, 2.24) is 10.2 Å². The molecule has 1 saturated heterocycles. The van der Waals surface area contributed by atoms with Crippen LogP contribution >= 0.6 is 0 Å². The van der Waals surface area contributed by atoms with Gasteiger partial charge in [-0.25, -0.2) is 8.78 Å². The molecule has 2 aromatic rings. The molecule has 1 fully saturated rings. The van der Waals surface area contributed by atoms with Crippen LogP contribution in [0.2, 0.25) is 0 Å². The van der Waals surface area contributed by atoms with E-state index in [4.69, 9.17) is 0 Å². The van der Waals surface area contributed by atoms with Gasteiger partial charge < -0.3 is 10.2 Å². The van der Waals surface area contributed by atoms with E-state index >= 15 is 0 Å². The van der Waals surface area contributed by atoms with Crippen LogP contribution in [-0.4, -0.2) is 36.3 Å². The van der Waals surface area contributed by atoms with Crippen molar-refractivity contribution >= 4 is 11.8 Å². The van der Waals surface area contributed by atoms with Crippen LogP contribution in [0.4, 0.5) is 8.78 Å². The number of hydrogen-bond donors (Lipinski definition) is 1. The second-order valence-electron chi connectivity index (χ2n) is 6.43. The van der Waals surface area contributed by atoms with Gasteiger partial charge in [0.25, 0.3) is 11.8 Å². The zero-order valence-corrected chi connectivity index (χ0v) is 14.3. The molecule has 0 bridgehead atoms. The van der Waals surface area contributed by atoms with Crippen molar-refractivity contribution in [2.75, 3.05) is 19.6 Å². The predicted molar refractivity (Wildman–Crippen MR) is 93.8 cm³/mol. The minimum Gasteiger partial charge on any atom is -0.352 e. The number of piperidine rings is 1. The molecule has 26 heavy (non-hydrogen) atoms. The second-order valence-corrected chi connectivity index (χ2v) is 6.43. The van der Waals surface area contributed by atoms with Gasteiger partial charge in [0.05, 0.1) is 5.56 Å². The Labute approximate surface area is 150 Å². The third kappa shape index (κ3) is 4.25. The highest BCUT2D eigenvalue weighted by Crippen LogP contribution is 2.19. The molecule has 0 saturated carbocycles. The number of rotatable bonds is 4. The van der Waals surface area contributed by atoms with Crippen molar-refractivity contribution in [2.24, 2.45) is 5.92 Å². The molecule has 2 aromatic carbocycles. The van der Waals surface area contributed by atoms with E-state index < -0.39 is 5.82 Å². The van der Waals surface area contributed by atoms with Gasteiger partial charge in [-0.2, -0.15) is 0 Å². The van der Waals surface area contributed by atoms with Crippen molar-refractivity contribution < 1.29 is 18.4 Å². The molecule has 1 N–H and O–H groups in total. The van der Waals surface area contributed by atoms with E-state index in [-0.39, 0.29) is 29.1 Å². The summed E-state index contributed by atoms with van der Waals surface area (Å²) in [7, 11) is 0. The average Bonchev–Trinajstić information content (AvgIpc) is 2.67. The van der Waals surface area contributed by atoms with Crippen molar-refractivity contribution in [3.63, 3.8) is 0 Å². The molecular formula is C20H20F2N2O2. The Bertz CT molecular complexity index is 785. The summed E-state index contributed by atoms with van der Waals surface area (Å²) < 4.78 is 26.6. The number of halogens is 2. The Morgan fingerprint density at radius 2 is 1.65 bits per heavy atom. The zero-order valence-electron chi connectivity index (χ0n) is 14.3. The zero-order chi connectivity index (χ0) is 18.5. The largest absolute Gasteiger partial charge is 0.352 e. The fourth-order valence-electron chi connectivity index (χ4n) is 3.09. The van der Waals surface area contributed by atoms with E-state index in [1.165, 1.54) is 36.4 Å². The van der Waals surface area contributed by atoms with Gasteiger partial charge in [0, 0.05) is 25.2 Å². The monoisotopic (exact) mass is 358 g/mol. The lowest BCUT2D eigenvalue weighted by Crippen LogP contribution is -2.41. The summed E-state index contributed by atoms with van der Waals surface area (Å²) >= 11 is 0. The Morgan fingerprint density at radius 3 is 2.31 bits per heavy atom. The maximum atomic E-state index is 13.7. The van der Waals surface area contributed by atoms with Gasteiger partial charge in [-0.05, 0) is 55.2 Å². The summed E-state index contributed by atoms with van der Waals surface area (Å²) in [4.78, 5) is 26.1. The molecule has 1 aliphatic heterocycles. The lowest BCUT2D eigenvalue weighted by Gasteiger charge is -2.32. The number of nitrogens with zero attached hydrogens (tertiary/aromatic N) is 1. The average molecular weight is 358 g/mol. The first-order valence-electron chi connectivity index (χ1n) is 8.62. The van der Waals surface area contributed by atoms with E-state index in [0.29, 0.717) is 25.2 Å². The molecular weight excluding hydrogens is 338 g/mol. The molecule has 4 nitrogen and oxygen atoms in total. The Balaban J connectivity index is 1.48. The summed E-state index contributed by atoms with van der Waals surface area (Å²) in [6.45, 7) is 1.56. The Morgan fingerprint density at radius 1 is 1.00 bits per heavy atom. The van der Waals surface area contributed by atoms with Crippen LogP contribution < -0.4 is 5.32 Å². The predicted octanol–water partition coefficient (Wildman–Crippen LogP) is 3.25. The van der Waals surface area contributed by atoms with E-state index in [2.05, 4.69) is 5.32 Å². The molecule has 1 aliphatic rings. The van der Waals surface area contributed by atoms with E-state index in [0.717, 1.165) is 12.8 Å². The molecule has 6 heteroatoms. The number of nitrogens with one attached hydrogen (secondary N) is 1. The molecule has 0 atom stereocenters. The van der Waals surface area contributed by atoms with E-state index in [9.17, 15) is 18.4 Å². The molecule has 3 rings (SSSR count). The molecule has 0 unspecified atom stereocenters. The number of carbonyl (C=O) groups is 2. The SMILES string of the molecule is O=C(NCC1CCN(C(=O)c2ccccc2F)CC1)c1ccc(F)cc1. The first kappa shape index (κ1) is 18.0. The van der Waals surface area contributed by atoms with Crippen molar-refractivity contribution in [1.29, 1.82) is 0 Å². The molecule has 0 spiro atoms. The van der Waals surface area contributed by atoms with Crippen molar-refractivity contribution in [3.05, 3.63) is 71.3 Å². The molecule has 0 aliphatic carbocycles. The highest BCUT2D eigenvalue weighted by atomic mass is 19.1. The van der Waals surface area contributed by atoms with Gasteiger partial charge in [-0.15, -0.1) is 0 Å². The second kappa shape index (κ2) is 8.08. The number of benzene rings is 2. The van der Waals surface area contributed by atoms with Gasteiger partial charge in [0.15, 0.2) is 0 Å². The van der Waals surface area contributed by atoms with Crippen LogP contribution in [0.5, 0.6) is 0 Å². The maximum absolute atomic E-state index is 13.7. The van der Waals surface area contributed by atoms with Gasteiger partial charge in [-0.3, -0.25) is 9.59 Å². The van der Waals surface area contributed by atoms with Crippen LogP contribution in [0, 0.1) is 17.6 Å². The first-order chi connectivity index (χ1) is 12.5. The van der Waals surface area contributed by atoms with Gasteiger partial charge >= 0.3 is 0 Å². The molecule has 0 radical (unpaired) electrons. The van der Waals surface area contributed by atoms with Gasteiger partial charge in [0.2, 0.25) is 0 Å². The van der Waals surface area contributed by atoms with Crippen molar-refractivity contribution in [2.45, 2.75) is 12.8 Å². The van der Waals surface area contributed by atoms with Crippen LogP contribution in [0.15, 0.2) is 48.5 Å². The van der Waals surface area contributed by atoms with Crippen molar-refractivity contribution in [3.8, 4) is 0 Å². The standard InChI is InChI=1S/C20H20F2N2O2/c21-16-7-5-15(6-8-16)19(25)23-13-14-9-11-24(12-10-14)20(26)17-3-1-2-4-18(17)22/h1-8,14H,9-13H2,(H,23,25). The normalized spacial score (nSPS) is 14.9. The van der Waals surface area contributed by atoms with Gasteiger partial charge in [0.1, 0.15) is 11.6 Å². The van der Waals surface area contributed by atoms with Crippen LogP contribution in [0.25, 0.3) is 0 Å². The Kier molecular flexibility index (Phi) is 5.61. The van der Waals surface area contributed by atoms with E-state index in [1.54, 1.807) is 17.0 Å². The highest BCUT2D eigenvalue weighted by molar-refractivity contribution is 5.95. The smallest absolute Gasteiger partial charge is 0.256 e. The third-order valence-electron chi connectivity index (χ3n) is 4.66. The van der Waals surface area contributed by atoms with Gasteiger partial charge in [-0.1, -0.05) is 12.1 Å². The summed E-state index contributed by atoms with van der Waals surface area (Å²) in [6, 6.07) is 11.4. The molecule has 1 heterocycles. The first-order valence-corrected chi connectivity index (χ1v) is 8.62. The number of carbonyl (C=O) groups excluding carboxylic acids is 2. The molecule has 136 valence electrons. The summed E-state index contributed by atoms with van der Waals surface area (Å²) in [5, 5.41) is 2.85. The number of likely N-dealkylation sites (tertiary alicyclic amines) is 1. The fraction of sp³-hybridized carbons (Fsp3) is 0.300. The topological polar surface area (TPSA) is 49.4 Å². The number of hydrogen-bond acceptors (Lipinski definition) is 2. The summed E-state index contributed by atoms with van der Waals surface area (Å²) in [6.07, 6.45) is 1.48. The lowest BCUT2D eigenvalue weighted by atomic mass is 9.96. The minimum absolute atomic E-state index is 0.0931. The lowest BCUT2D eigenvalue weighted by molar-refractivity contribution is 0.0679. The third-order valence-corrected chi connectivity index (χ3v) is 4.66. The van der Waals surface area contributed by atoms with Crippen LogP contribution in [0.1, 0.15) is 33.6 Å². The minimum atomic E-state index is -0.508. The molecule has 2 amide bonds. The van der Waals surface area contributed by atoms with E-state index in [1.807, 2.05) is 0 Å². The Hall–Kier alpha value is -2.76. The highest BCUT2D eigenvalue weighted by Gasteiger charge is 2.25. The van der Waals surface area contributed by atoms with Crippen LogP contribution in [-0.2, 0) is 0 Å². The molecule has 0 aromatic heterocycles. The number of amides is 2. The van der Waals surface area contributed by atoms with Crippen LogP contribution in [0.3, 0.4) is 0 Å².